The van der Waals surface area contributed by atoms with Crippen molar-refractivity contribution in [1.82, 2.24) is 14.9 Å². The van der Waals surface area contributed by atoms with Gasteiger partial charge >= 0.3 is 0 Å². The Labute approximate surface area is 200 Å². The molecule has 1 aliphatic rings. The maximum absolute atomic E-state index is 12.5. The molecular weight excluding hydrogens is 425 g/mol. The molecule has 0 radical (unpaired) electrons. The predicted molar refractivity (Wildman–Crippen MR) is 138 cm³/mol. The van der Waals surface area contributed by atoms with Gasteiger partial charge < -0.3 is 15.5 Å². The van der Waals surface area contributed by atoms with Crippen LogP contribution in [0.15, 0.2) is 72.9 Å². The van der Waals surface area contributed by atoms with Crippen LogP contribution >= 0.6 is 0 Å². The van der Waals surface area contributed by atoms with Crippen LogP contribution in [0, 0.1) is 6.92 Å². The van der Waals surface area contributed by atoms with Gasteiger partial charge in [0.25, 0.3) is 0 Å². The molecule has 2 heterocycles. The van der Waals surface area contributed by atoms with Crippen molar-refractivity contribution in [1.29, 1.82) is 0 Å². The van der Waals surface area contributed by atoms with Gasteiger partial charge in [-0.3, -0.25) is 0 Å². The Morgan fingerprint density at radius 1 is 0.971 bits per heavy atom. The Morgan fingerprint density at radius 3 is 2.50 bits per heavy atom. The molecule has 5 rings (SSSR count). The van der Waals surface area contributed by atoms with Gasteiger partial charge in [-0.2, -0.15) is 0 Å². The molecule has 2 N–H and O–H groups in total. The van der Waals surface area contributed by atoms with Gasteiger partial charge in [0.05, 0.1) is 5.52 Å². The first-order valence-electron chi connectivity index (χ1n) is 11.9. The third-order valence-electron chi connectivity index (χ3n) is 6.44. The van der Waals surface area contributed by atoms with E-state index >= 15 is 0 Å². The van der Waals surface area contributed by atoms with Crippen LogP contribution in [0.2, 0.25) is 0 Å². The standard InChI is InChI=1S/C28H30FN5/c1-20-4-2-5-21(18-20)26-7-3-6-22-19-30-28(33-27(22)26)32-24-10-8-23(9-11-24)31-25-12-15-34(16-13-25)17-14-29/h2-11,18-19,25,31H,12-17H2,1H3,(H,30,32,33). The van der Waals surface area contributed by atoms with Crippen molar-refractivity contribution >= 4 is 28.2 Å². The number of hydrogen-bond donors (Lipinski definition) is 2. The Kier molecular flexibility index (Phi) is 6.67. The van der Waals surface area contributed by atoms with Crippen LogP contribution in [-0.2, 0) is 0 Å². The third-order valence-corrected chi connectivity index (χ3v) is 6.44. The Hall–Kier alpha value is -3.51. The molecule has 174 valence electrons. The van der Waals surface area contributed by atoms with Crippen LogP contribution in [0.5, 0.6) is 0 Å². The van der Waals surface area contributed by atoms with Gasteiger partial charge in [-0.05, 0) is 49.6 Å². The number of aryl methyl sites for hydroxylation is 1. The second-order valence-electron chi connectivity index (χ2n) is 8.96. The van der Waals surface area contributed by atoms with Crippen LogP contribution in [0.4, 0.5) is 21.7 Å². The number of likely N-dealkylation sites (tertiary alicyclic amines) is 1. The molecule has 34 heavy (non-hydrogen) atoms. The Bertz CT molecular complexity index is 1250. The lowest BCUT2D eigenvalue weighted by Crippen LogP contribution is -2.39. The summed E-state index contributed by atoms with van der Waals surface area (Å²) >= 11 is 0. The second-order valence-corrected chi connectivity index (χ2v) is 8.96. The van der Waals surface area contributed by atoms with Crippen LogP contribution in [0.1, 0.15) is 18.4 Å². The topological polar surface area (TPSA) is 53.1 Å². The van der Waals surface area contributed by atoms with Gasteiger partial charge in [-0.15, -0.1) is 0 Å². The molecule has 4 aromatic rings. The first kappa shape index (κ1) is 22.3. The molecule has 0 atom stereocenters. The highest BCUT2D eigenvalue weighted by Crippen LogP contribution is 2.29. The van der Waals surface area contributed by atoms with E-state index in [1.54, 1.807) is 0 Å². The highest BCUT2D eigenvalue weighted by atomic mass is 19.1. The lowest BCUT2D eigenvalue weighted by atomic mass is 10.0. The molecule has 0 unspecified atom stereocenters. The van der Waals surface area contributed by atoms with E-state index < -0.39 is 0 Å². The van der Waals surface area contributed by atoms with Gasteiger partial charge in [0.15, 0.2) is 0 Å². The molecule has 1 aromatic heterocycles. The van der Waals surface area contributed by atoms with E-state index in [2.05, 4.69) is 69.9 Å². The number of para-hydroxylation sites is 1. The SMILES string of the molecule is Cc1cccc(-c2cccc3cnc(Nc4ccc(NC5CCN(CCF)CC5)cc4)nc23)c1. The predicted octanol–water partition coefficient (Wildman–Crippen LogP) is 6.19. The van der Waals surface area contributed by atoms with Gasteiger partial charge in [0.2, 0.25) is 5.95 Å². The molecule has 1 fully saturated rings. The van der Waals surface area contributed by atoms with E-state index in [9.17, 15) is 4.39 Å². The molecule has 3 aromatic carbocycles. The number of anilines is 3. The summed E-state index contributed by atoms with van der Waals surface area (Å²) in [5, 5.41) is 7.97. The first-order chi connectivity index (χ1) is 16.7. The maximum Gasteiger partial charge on any atom is 0.227 e. The fraction of sp³-hybridized carbons (Fsp3) is 0.286. The van der Waals surface area contributed by atoms with Crippen molar-refractivity contribution in [3.63, 3.8) is 0 Å². The molecule has 0 spiro atoms. The number of aromatic nitrogens is 2. The number of nitrogens with one attached hydrogen (secondary N) is 2. The zero-order valence-electron chi connectivity index (χ0n) is 19.5. The zero-order valence-corrected chi connectivity index (χ0v) is 19.5. The minimum absolute atomic E-state index is 0.263. The monoisotopic (exact) mass is 455 g/mol. The van der Waals surface area contributed by atoms with Gasteiger partial charge in [0.1, 0.15) is 6.67 Å². The number of rotatable bonds is 7. The Morgan fingerprint density at radius 2 is 1.74 bits per heavy atom. The summed E-state index contributed by atoms with van der Waals surface area (Å²) < 4.78 is 12.5. The number of piperidine rings is 1. The summed E-state index contributed by atoms with van der Waals surface area (Å²) in [5.41, 5.74) is 6.44. The number of hydrogen-bond acceptors (Lipinski definition) is 5. The van der Waals surface area contributed by atoms with Crippen LogP contribution in [0.25, 0.3) is 22.0 Å². The van der Waals surface area contributed by atoms with Crippen molar-refractivity contribution in [3.05, 3.63) is 78.5 Å². The molecule has 6 heteroatoms. The number of alkyl halides is 1. The van der Waals surface area contributed by atoms with E-state index in [4.69, 9.17) is 4.98 Å². The average Bonchev–Trinajstić information content (AvgIpc) is 2.86. The molecular formula is C28H30FN5. The number of halogens is 1. The minimum Gasteiger partial charge on any atom is -0.382 e. The lowest BCUT2D eigenvalue weighted by Gasteiger charge is -2.32. The molecule has 1 aliphatic heterocycles. The molecule has 0 bridgehead atoms. The van der Waals surface area contributed by atoms with Crippen LogP contribution < -0.4 is 10.6 Å². The summed E-state index contributed by atoms with van der Waals surface area (Å²) in [6.45, 7) is 4.29. The summed E-state index contributed by atoms with van der Waals surface area (Å²) in [6, 6.07) is 23.3. The van der Waals surface area contributed by atoms with Crippen molar-refractivity contribution in [2.45, 2.75) is 25.8 Å². The minimum atomic E-state index is -0.263. The van der Waals surface area contributed by atoms with E-state index in [0.29, 0.717) is 18.5 Å². The molecule has 5 nitrogen and oxygen atoms in total. The van der Waals surface area contributed by atoms with E-state index in [0.717, 1.165) is 59.3 Å². The van der Waals surface area contributed by atoms with Gasteiger partial charge in [-0.25, -0.2) is 14.4 Å². The van der Waals surface area contributed by atoms with Crippen molar-refractivity contribution in [3.8, 4) is 11.1 Å². The van der Waals surface area contributed by atoms with E-state index in [1.165, 1.54) is 5.56 Å². The third kappa shape index (κ3) is 5.18. The maximum atomic E-state index is 12.5. The highest BCUT2D eigenvalue weighted by molar-refractivity contribution is 5.94. The van der Waals surface area contributed by atoms with Crippen molar-refractivity contribution < 1.29 is 4.39 Å². The lowest BCUT2D eigenvalue weighted by molar-refractivity contribution is 0.203. The summed E-state index contributed by atoms with van der Waals surface area (Å²) in [6.07, 6.45) is 3.94. The first-order valence-corrected chi connectivity index (χ1v) is 11.9. The molecule has 0 amide bonds. The Balaban J connectivity index is 1.28. The molecule has 1 saturated heterocycles. The van der Waals surface area contributed by atoms with Gasteiger partial charge in [0, 0.05) is 54.2 Å². The normalized spacial score (nSPS) is 14.9. The number of nitrogens with zero attached hydrogens (tertiary/aromatic N) is 3. The molecule has 0 saturated carbocycles. The fourth-order valence-electron chi connectivity index (χ4n) is 4.60. The highest BCUT2D eigenvalue weighted by Gasteiger charge is 2.18. The summed E-state index contributed by atoms with van der Waals surface area (Å²) in [5.74, 6) is 0.577. The summed E-state index contributed by atoms with van der Waals surface area (Å²) in [4.78, 5) is 11.6. The second kappa shape index (κ2) is 10.2. The largest absolute Gasteiger partial charge is 0.382 e. The van der Waals surface area contributed by atoms with Crippen molar-refractivity contribution in [2.75, 3.05) is 36.9 Å². The van der Waals surface area contributed by atoms with Crippen molar-refractivity contribution in [2.24, 2.45) is 0 Å². The number of benzene rings is 3. The average molecular weight is 456 g/mol. The zero-order chi connectivity index (χ0) is 23.3. The summed E-state index contributed by atoms with van der Waals surface area (Å²) in [7, 11) is 0. The quantitative estimate of drug-likeness (QED) is 0.348. The van der Waals surface area contributed by atoms with E-state index in [1.807, 2.05) is 30.5 Å². The fourth-order valence-corrected chi connectivity index (χ4v) is 4.60. The smallest absolute Gasteiger partial charge is 0.227 e. The molecule has 0 aliphatic carbocycles. The number of fused-ring (bicyclic) bond motifs is 1. The van der Waals surface area contributed by atoms with E-state index in [-0.39, 0.29) is 6.67 Å². The van der Waals surface area contributed by atoms with Crippen LogP contribution in [0.3, 0.4) is 0 Å². The van der Waals surface area contributed by atoms with Crippen LogP contribution in [-0.4, -0.2) is 47.2 Å². The van der Waals surface area contributed by atoms with Gasteiger partial charge in [-0.1, -0.05) is 48.0 Å².